The van der Waals surface area contributed by atoms with Gasteiger partial charge in [0.1, 0.15) is 11.3 Å². The van der Waals surface area contributed by atoms with Crippen LogP contribution < -0.4 is 5.32 Å². The largest absolute Gasteiger partial charge is 0.461 e. The maximum Gasteiger partial charge on any atom is 0.151 e. The van der Waals surface area contributed by atoms with Crippen LogP contribution in [0.2, 0.25) is 0 Å². The number of hydrogen-bond donors (Lipinski definition) is 1. The Hall–Kier alpha value is -1.33. The van der Waals surface area contributed by atoms with E-state index in [1.54, 1.807) is 0 Å². The van der Waals surface area contributed by atoms with Crippen molar-refractivity contribution < 1.29 is 12.8 Å². The van der Waals surface area contributed by atoms with Crippen molar-refractivity contribution in [2.75, 3.05) is 11.5 Å². The molecule has 1 unspecified atom stereocenters. The Labute approximate surface area is 125 Å². The fraction of sp³-hybridized carbons (Fsp3) is 0.500. The fourth-order valence-electron chi connectivity index (χ4n) is 3.06. The second-order valence-electron chi connectivity index (χ2n) is 5.69. The number of hydrogen-bond acceptors (Lipinski definition) is 4. The van der Waals surface area contributed by atoms with E-state index in [4.69, 9.17) is 4.42 Å². The molecule has 1 aromatic carbocycles. The lowest BCUT2D eigenvalue weighted by molar-refractivity contribution is 0.474. The third-order valence-electron chi connectivity index (χ3n) is 4.13. The summed E-state index contributed by atoms with van der Waals surface area (Å²) in [6.07, 6.45) is 2.53. The van der Waals surface area contributed by atoms with Crippen molar-refractivity contribution in [3.05, 3.63) is 35.6 Å². The zero-order valence-electron chi connectivity index (χ0n) is 12.3. The normalized spacial score (nSPS) is 21.7. The lowest BCUT2D eigenvalue weighted by Gasteiger charge is -2.23. The van der Waals surface area contributed by atoms with Gasteiger partial charge in [-0.25, -0.2) is 8.42 Å². The minimum Gasteiger partial charge on any atom is -0.461 e. The molecular weight excluding hydrogens is 286 g/mol. The molecule has 2 aromatic rings. The number of fused-ring (bicyclic) bond motifs is 1. The number of nitrogens with one attached hydrogen (secondary N) is 1. The standard InChI is InChI=1S/C16H21NO3S/c1-2-15-14(13-7-3-4-8-16(13)20-15)10-17-12-6-5-9-21(18,19)11-12/h3-4,7-8,12,17H,2,5-6,9-11H2,1H3. The van der Waals surface area contributed by atoms with E-state index in [1.165, 1.54) is 0 Å². The predicted octanol–water partition coefficient (Wildman–Crippen LogP) is 2.66. The van der Waals surface area contributed by atoms with Crippen LogP contribution in [0.1, 0.15) is 31.1 Å². The third-order valence-corrected chi connectivity index (χ3v) is 5.95. The van der Waals surface area contributed by atoms with E-state index in [0.29, 0.717) is 12.3 Å². The number of aryl methyl sites for hydroxylation is 1. The van der Waals surface area contributed by atoms with Crippen LogP contribution in [0.5, 0.6) is 0 Å². The molecule has 114 valence electrons. The first-order chi connectivity index (χ1) is 10.1. The molecule has 2 heterocycles. The molecule has 1 fully saturated rings. The predicted molar refractivity (Wildman–Crippen MR) is 84.1 cm³/mol. The van der Waals surface area contributed by atoms with E-state index in [0.717, 1.165) is 41.6 Å². The van der Waals surface area contributed by atoms with Crippen LogP contribution in [0, 0.1) is 0 Å². The summed E-state index contributed by atoms with van der Waals surface area (Å²) < 4.78 is 29.3. The second kappa shape index (κ2) is 5.81. The number of furan rings is 1. The fourth-order valence-corrected chi connectivity index (χ4v) is 4.73. The molecule has 1 aromatic heterocycles. The molecule has 1 saturated heterocycles. The van der Waals surface area contributed by atoms with Crippen LogP contribution in [-0.4, -0.2) is 26.0 Å². The summed E-state index contributed by atoms with van der Waals surface area (Å²) >= 11 is 0. The monoisotopic (exact) mass is 307 g/mol. The molecule has 0 saturated carbocycles. The van der Waals surface area contributed by atoms with Crippen molar-refractivity contribution in [3.63, 3.8) is 0 Å². The van der Waals surface area contributed by atoms with Crippen molar-refractivity contribution in [1.29, 1.82) is 0 Å². The van der Waals surface area contributed by atoms with Gasteiger partial charge in [-0.3, -0.25) is 0 Å². The number of rotatable bonds is 4. The Morgan fingerprint density at radius 1 is 1.33 bits per heavy atom. The van der Waals surface area contributed by atoms with Gasteiger partial charge < -0.3 is 9.73 Å². The van der Waals surface area contributed by atoms with Gasteiger partial charge in [0.2, 0.25) is 0 Å². The van der Waals surface area contributed by atoms with E-state index in [2.05, 4.69) is 18.3 Å². The van der Waals surface area contributed by atoms with Gasteiger partial charge >= 0.3 is 0 Å². The summed E-state index contributed by atoms with van der Waals surface area (Å²) in [6.45, 7) is 2.74. The van der Waals surface area contributed by atoms with Crippen LogP contribution in [-0.2, 0) is 22.8 Å². The van der Waals surface area contributed by atoms with Crippen LogP contribution in [0.25, 0.3) is 11.0 Å². The highest BCUT2D eigenvalue weighted by molar-refractivity contribution is 7.91. The first-order valence-corrected chi connectivity index (χ1v) is 9.34. The van der Waals surface area contributed by atoms with Gasteiger partial charge in [-0.2, -0.15) is 0 Å². The Morgan fingerprint density at radius 2 is 2.14 bits per heavy atom. The molecule has 0 amide bonds. The van der Waals surface area contributed by atoms with E-state index in [1.807, 2.05) is 18.2 Å². The first-order valence-electron chi connectivity index (χ1n) is 7.52. The quantitative estimate of drug-likeness (QED) is 0.943. The Kier molecular flexibility index (Phi) is 4.04. The van der Waals surface area contributed by atoms with Gasteiger partial charge in [-0.15, -0.1) is 0 Å². The molecule has 0 aliphatic carbocycles. The topological polar surface area (TPSA) is 59.3 Å². The summed E-state index contributed by atoms with van der Waals surface area (Å²) in [7, 11) is -2.87. The van der Waals surface area contributed by atoms with Gasteiger partial charge in [0.15, 0.2) is 9.84 Å². The molecule has 1 aliphatic heterocycles. The summed E-state index contributed by atoms with van der Waals surface area (Å²) in [5.74, 6) is 1.58. The van der Waals surface area contributed by atoms with E-state index in [-0.39, 0.29) is 11.8 Å². The molecule has 0 radical (unpaired) electrons. The molecule has 0 bridgehead atoms. The van der Waals surface area contributed by atoms with Crippen LogP contribution in [0.3, 0.4) is 0 Å². The number of para-hydroxylation sites is 1. The third kappa shape index (κ3) is 3.14. The average molecular weight is 307 g/mol. The van der Waals surface area contributed by atoms with E-state index < -0.39 is 9.84 Å². The SMILES string of the molecule is CCc1oc2ccccc2c1CNC1CCCS(=O)(=O)C1. The first kappa shape index (κ1) is 14.6. The smallest absolute Gasteiger partial charge is 0.151 e. The molecule has 21 heavy (non-hydrogen) atoms. The number of benzene rings is 1. The lowest BCUT2D eigenvalue weighted by atomic mass is 10.1. The van der Waals surface area contributed by atoms with Gasteiger partial charge in [-0.1, -0.05) is 25.1 Å². The van der Waals surface area contributed by atoms with Crippen molar-refractivity contribution in [2.45, 2.75) is 38.8 Å². The molecule has 0 spiro atoms. The molecule has 5 heteroatoms. The molecule has 1 N–H and O–H groups in total. The zero-order chi connectivity index (χ0) is 14.9. The maximum absolute atomic E-state index is 11.7. The maximum atomic E-state index is 11.7. The van der Waals surface area contributed by atoms with Gasteiger partial charge in [-0.05, 0) is 18.9 Å². The van der Waals surface area contributed by atoms with Crippen LogP contribution >= 0.6 is 0 Å². The Bertz CT molecular complexity index is 733. The van der Waals surface area contributed by atoms with Gasteiger partial charge in [0.05, 0.1) is 11.5 Å². The minimum atomic E-state index is -2.87. The van der Waals surface area contributed by atoms with Crippen LogP contribution in [0.15, 0.2) is 28.7 Å². The van der Waals surface area contributed by atoms with Crippen molar-refractivity contribution in [3.8, 4) is 0 Å². The van der Waals surface area contributed by atoms with E-state index >= 15 is 0 Å². The summed E-state index contributed by atoms with van der Waals surface area (Å²) in [5, 5.41) is 4.53. The van der Waals surface area contributed by atoms with Gasteiger partial charge in [0, 0.05) is 30.0 Å². The van der Waals surface area contributed by atoms with Crippen molar-refractivity contribution in [2.24, 2.45) is 0 Å². The van der Waals surface area contributed by atoms with E-state index in [9.17, 15) is 8.42 Å². The van der Waals surface area contributed by atoms with Crippen LogP contribution in [0.4, 0.5) is 0 Å². The highest BCUT2D eigenvalue weighted by atomic mass is 32.2. The average Bonchev–Trinajstić information content (AvgIpc) is 2.82. The summed E-state index contributed by atoms with van der Waals surface area (Å²) in [5.41, 5.74) is 2.07. The second-order valence-corrected chi connectivity index (χ2v) is 7.92. The van der Waals surface area contributed by atoms with Gasteiger partial charge in [0.25, 0.3) is 0 Å². The summed E-state index contributed by atoms with van der Waals surface area (Å²) in [6, 6.07) is 8.07. The molecule has 3 rings (SSSR count). The van der Waals surface area contributed by atoms with Crippen molar-refractivity contribution >= 4 is 20.8 Å². The minimum absolute atomic E-state index is 0.0575. The molecule has 1 aliphatic rings. The highest BCUT2D eigenvalue weighted by Gasteiger charge is 2.24. The molecular formula is C16H21NO3S. The Morgan fingerprint density at radius 3 is 2.90 bits per heavy atom. The zero-order valence-corrected chi connectivity index (χ0v) is 13.1. The highest BCUT2D eigenvalue weighted by Crippen LogP contribution is 2.26. The molecule has 4 nitrogen and oxygen atoms in total. The Balaban J connectivity index is 1.78. The lowest BCUT2D eigenvalue weighted by Crippen LogP contribution is -2.39. The number of sulfone groups is 1. The van der Waals surface area contributed by atoms with Crippen molar-refractivity contribution in [1.82, 2.24) is 5.32 Å². The molecule has 1 atom stereocenters. The summed E-state index contributed by atoms with van der Waals surface area (Å²) in [4.78, 5) is 0.